The fraction of sp³-hybridized carbons (Fsp3) is 0.944. The van der Waals surface area contributed by atoms with Gasteiger partial charge in [0.15, 0.2) is 0 Å². The van der Waals surface area contributed by atoms with Gasteiger partial charge in [-0.1, -0.05) is 96.8 Å². The smallest absolute Gasteiger partial charge is 1.00 e. The van der Waals surface area contributed by atoms with E-state index < -0.39 is 5.97 Å². The summed E-state index contributed by atoms with van der Waals surface area (Å²) in [7, 11) is 0. The van der Waals surface area contributed by atoms with Crippen LogP contribution >= 0.6 is 0 Å². The van der Waals surface area contributed by atoms with Gasteiger partial charge in [0, 0.05) is 5.97 Å². The molecule has 0 fully saturated rings. The molecule has 0 aliphatic heterocycles. The number of halogens is 1. The first-order valence-corrected chi connectivity index (χ1v) is 8.97. The van der Waals surface area contributed by atoms with Crippen LogP contribution in [0.5, 0.6) is 0 Å². The number of hydrogen-bond donors (Lipinski definition) is 0. The maximum absolute atomic E-state index is 10.2. The molecule has 2 nitrogen and oxygen atoms in total. The maximum Gasteiger partial charge on any atom is 2.00 e. The monoisotopic (exact) mass is 425 g/mol. The number of unbranched alkanes of at least 4 members (excludes halogenated alkanes) is 14. The molecule has 0 spiro atoms. The van der Waals surface area contributed by atoms with Gasteiger partial charge < -0.3 is 26.9 Å². The minimum atomic E-state index is -0.903. The zero-order valence-electron chi connectivity index (χ0n) is 14.3. The van der Waals surface area contributed by atoms with E-state index in [2.05, 4.69) is 6.92 Å². The molecule has 22 heavy (non-hydrogen) atoms. The fourth-order valence-electron chi connectivity index (χ4n) is 2.64. The molecule has 0 saturated carbocycles. The van der Waals surface area contributed by atoms with Gasteiger partial charge in [0.2, 0.25) is 0 Å². The summed E-state index contributed by atoms with van der Waals surface area (Å²) in [5.41, 5.74) is 0. The van der Waals surface area contributed by atoms with Crippen molar-refractivity contribution >= 4 is 5.97 Å². The van der Waals surface area contributed by atoms with Crippen molar-refractivity contribution in [3.8, 4) is 0 Å². The van der Waals surface area contributed by atoms with E-state index in [9.17, 15) is 9.90 Å². The van der Waals surface area contributed by atoms with Crippen molar-refractivity contribution in [2.75, 3.05) is 0 Å². The number of hydrogen-bond acceptors (Lipinski definition) is 2. The summed E-state index contributed by atoms with van der Waals surface area (Å²) in [5, 5.41) is 10.2. The van der Waals surface area contributed by atoms with Crippen molar-refractivity contribution in [3.05, 3.63) is 0 Å². The van der Waals surface area contributed by atoms with E-state index in [1.807, 2.05) is 0 Å². The van der Waals surface area contributed by atoms with Crippen LogP contribution in [0.4, 0.5) is 0 Å². The summed E-state index contributed by atoms with van der Waals surface area (Å²) in [4.78, 5) is 10.2. The Balaban J connectivity index is -0.00000180. The van der Waals surface area contributed by atoms with Crippen LogP contribution in [0.2, 0.25) is 0 Å². The van der Waals surface area contributed by atoms with E-state index in [0.717, 1.165) is 12.8 Å². The molecule has 0 unspecified atom stereocenters. The van der Waals surface area contributed by atoms with Gasteiger partial charge in [-0.05, 0) is 12.8 Å². The molecule has 0 heterocycles. The van der Waals surface area contributed by atoms with E-state index >= 15 is 0 Å². The number of carboxylic acid groups (broad SMARTS) is 1. The number of carbonyl (C=O) groups excluding carboxylic acids is 1. The summed E-state index contributed by atoms with van der Waals surface area (Å²) in [5.74, 6) is -0.903. The van der Waals surface area contributed by atoms with Crippen molar-refractivity contribution in [1.29, 1.82) is 0 Å². The minimum absolute atomic E-state index is 0. The molecule has 0 N–H and O–H groups in total. The number of rotatable bonds is 16. The van der Waals surface area contributed by atoms with Crippen LogP contribution in [0.3, 0.4) is 0 Å². The topological polar surface area (TPSA) is 40.1 Å². The van der Waals surface area contributed by atoms with Crippen LogP contribution in [0, 0.1) is 0 Å². The van der Waals surface area contributed by atoms with E-state index in [1.54, 1.807) is 0 Å². The molecule has 0 aliphatic rings. The second-order valence-electron chi connectivity index (χ2n) is 6.07. The van der Waals surface area contributed by atoms with Crippen LogP contribution < -0.4 is 22.1 Å². The van der Waals surface area contributed by atoms with Gasteiger partial charge >= 0.3 is 17.1 Å². The van der Waals surface area contributed by atoms with Gasteiger partial charge in [-0.25, -0.2) is 0 Å². The van der Waals surface area contributed by atoms with Crippen LogP contribution in [0.25, 0.3) is 0 Å². The molecule has 0 aliphatic carbocycles. The molecule has 1 radical (unpaired) electrons. The maximum atomic E-state index is 10.2. The first kappa shape index (κ1) is 27.3. The molecule has 137 valence electrons. The Hall–Kier alpha value is 0.469. The Labute approximate surface area is 159 Å². The number of aliphatic carboxylic acids is 1. The molecule has 0 aromatic rings. The Morgan fingerprint density at radius 3 is 1.18 bits per heavy atom. The fourth-order valence-corrected chi connectivity index (χ4v) is 2.64. The third-order valence-corrected chi connectivity index (χ3v) is 3.98. The van der Waals surface area contributed by atoms with Gasteiger partial charge in [0.1, 0.15) is 0 Å². The second-order valence-corrected chi connectivity index (χ2v) is 6.07. The average molecular weight is 427 g/mol. The van der Waals surface area contributed by atoms with Gasteiger partial charge in [0.25, 0.3) is 0 Å². The molecular weight excluding hydrogens is 392 g/mol. The summed E-state index contributed by atoms with van der Waals surface area (Å²) in [6, 6.07) is 0. The van der Waals surface area contributed by atoms with Crippen LogP contribution in [-0.2, 0) is 21.9 Å². The Bertz CT molecular complexity index is 213. The first-order valence-electron chi connectivity index (χ1n) is 8.97. The van der Waals surface area contributed by atoms with E-state index in [-0.39, 0.29) is 40.5 Å². The van der Waals surface area contributed by atoms with Crippen molar-refractivity contribution in [1.82, 2.24) is 0 Å². The van der Waals surface area contributed by atoms with Crippen molar-refractivity contribution in [2.24, 2.45) is 0 Å². The molecule has 0 atom stereocenters. The van der Waals surface area contributed by atoms with Crippen LogP contribution in [0.1, 0.15) is 110 Å². The van der Waals surface area contributed by atoms with E-state index in [4.69, 9.17) is 0 Å². The van der Waals surface area contributed by atoms with Crippen LogP contribution in [-0.4, -0.2) is 5.97 Å². The SMILES string of the molecule is CCCCCCCCCCCCCCCCCC(=O)[O-].[Br-].[Cu+2]. The minimum Gasteiger partial charge on any atom is -1.00 e. The average Bonchev–Trinajstić information content (AvgIpc) is 2.43. The third-order valence-electron chi connectivity index (χ3n) is 3.98. The Morgan fingerprint density at radius 1 is 0.636 bits per heavy atom. The summed E-state index contributed by atoms with van der Waals surface area (Å²) >= 11 is 0. The van der Waals surface area contributed by atoms with Crippen LogP contribution in [0.15, 0.2) is 0 Å². The number of carboxylic acids is 1. The predicted octanol–water partition coefficient (Wildman–Crippen LogP) is 2.00. The standard InChI is InChI=1S/C18H36O2.BrH.Cu/c1-2-3-4-5-6-7-8-9-10-11-12-13-14-15-16-17-18(19)20;;/h2-17H2,1H3,(H,19,20);1H;/q;;+2/p-2. The molecule has 0 rings (SSSR count). The molecule has 0 aromatic carbocycles. The van der Waals surface area contributed by atoms with Gasteiger partial charge in [-0.2, -0.15) is 0 Å². The molecule has 0 bridgehead atoms. The third kappa shape index (κ3) is 25.4. The van der Waals surface area contributed by atoms with E-state index in [1.165, 1.54) is 83.5 Å². The zero-order valence-corrected chi connectivity index (χ0v) is 16.8. The molecule has 0 aromatic heterocycles. The van der Waals surface area contributed by atoms with Crippen molar-refractivity contribution in [2.45, 2.75) is 110 Å². The zero-order chi connectivity index (χ0) is 14.9. The summed E-state index contributed by atoms with van der Waals surface area (Å²) in [6.07, 6.45) is 19.9. The Kier molecular flexibility index (Phi) is 29.5. The molecule has 0 amide bonds. The molecule has 0 saturated heterocycles. The van der Waals surface area contributed by atoms with Gasteiger partial charge in [0.05, 0.1) is 0 Å². The summed E-state index contributed by atoms with van der Waals surface area (Å²) in [6.45, 7) is 2.27. The van der Waals surface area contributed by atoms with Gasteiger partial charge in [-0.15, -0.1) is 0 Å². The van der Waals surface area contributed by atoms with Gasteiger partial charge in [-0.3, -0.25) is 0 Å². The summed E-state index contributed by atoms with van der Waals surface area (Å²) < 4.78 is 0. The number of carbonyl (C=O) groups is 1. The quantitative estimate of drug-likeness (QED) is 0.280. The first-order chi connectivity index (χ1) is 9.77. The normalized spacial score (nSPS) is 9.86. The predicted molar refractivity (Wildman–Crippen MR) is 84.6 cm³/mol. The van der Waals surface area contributed by atoms with Crippen molar-refractivity contribution < 1.29 is 44.0 Å². The molecular formula is C18H35BrCuO2. The second kappa shape index (κ2) is 23.7. The van der Waals surface area contributed by atoms with Crippen molar-refractivity contribution in [3.63, 3.8) is 0 Å². The largest absolute Gasteiger partial charge is 2.00 e. The molecule has 4 heteroatoms. The van der Waals surface area contributed by atoms with E-state index in [0.29, 0.717) is 0 Å². The Morgan fingerprint density at radius 2 is 0.909 bits per heavy atom.